The molecule has 0 aliphatic heterocycles. The highest BCUT2D eigenvalue weighted by Crippen LogP contribution is 2.20. The molecule has 84 valence electrons. The molecular weight excluding hydrogens is 202 g/mol. The largest absolute Gasteiger partial charge is 0.328 e. The Balaban J connectivity index is 1.87. The standard InChI is InChI=1S/C11H15N5/c1-15-6-9(13-14-15)7-16-8-12-10-4-2-3-5-11(10)16/h6,8H,2-5,7H2,1H3. The van der Waals surface area contributed by atoms with Gasteiger partial charge < -0.3 is 4.57 Å². The maximum atomic E-state index is 4.47. The fraction of sp³-hybridized carbons (Fsp3) is 0.545. The summed E-state index contributed by atoms with van der Waals surface area (Å²) in [5.41, 5.74) is 3.65. The number of aromatic nitrogens is 5. The van der Waals surface area contributed by atoms with Gasteiger partial charge in [0.1, 0.15) is 5.69 Å². The van der Waals surface area contributed by atoms with Crippen LogP contribution < -0.4 is 0 Å². The number of rotatable bonds is 2. The van der Waals surface area contributed by atoms with Crippen LogP contribution in [0.15, 0.2) is 12.5 Å². The molecule has 0 amide bonds. The number of fused-ring (bicyclic) bond motifs is 1. The Morgan fingerprint density at radius 3 is 3.00 bits per heavy atom. The van der Waals surface area contributed by atoms with Gasteiger partial charge >= 0.3 is 0 Å². The summed E-state index contributed by atoms with van der Waals surface area (Å²) >= 11 is 0. The first-order chi connectivity index (χ1) is 7.83. The van der Waals surface area contributed by atoms with Gasteiger partial charge in [0.25, 0.3) is 0 Å². The summed E-state index contributed by atoms with van der Waals surface area (Å²) in [5, 5.41) is 8.05. The molecule has 0 saturated heterocycles. The highest BCUT2D eigenvalue weighted by molar-refractivity contribution is 5.17. The molecule has 5 heteroatoms. The molecule has 0 bridgehead atoms. The predicted octanol–water partition coefficient (Wildman–Crippen LogP) is 0.939. The zero-order valence-corrected chi connectivity index (χ0v) is 9.43. The molecule has 2 aromatic rings. The lowest BCUT2D eigenvalue weighted by molar-refractivity contribution is 0.624. The van der Waals surface area contributed by atoms with E-state index in [0.717, 1.165) is 25.1 Å². The van der Waals surface area contributed by atoms with E-state index in [1.54, 1.807) is 4.68 Å². The van der Waals surface area contributed by atoms with Crippen molar-refractivity contribution in [3.63, 3.8) is 0 Å². The second-order valence-corrected chi connectivity index (χ2v) is 4.36. The molecule has 0 spiro atoms. The fourth-order valence-electron chi connectivity index (χ4n) is 2.31. The van der Waals surface area contributed by atoms with Crippen LogP contribution in [0.25, 0.3) is 0 Å². The molecule has 0 fully saturated rings. The van der Waals surface area contributed by atoms with E-state index in [0.29, 0.717) is 0 Å². The smallest absolute Gasteiger partial charge is 0.102 e. The molecule has 3 rings (SSSR count). The minimum Gasteiger partial charge on any atom is -0.328 e. The Morgan fingerprint density at radius 1 is 1.31 bits per heavy atom. The quantitative estimate of drug-likeness (QED) is 0.752. The third-order valence-corrected chi connectivity index (χ3v) is 3.09. The molecule has 0 saturated carbocycles. The van der Waals surface area contributed by atoms with Crippen molar-refractivity contribution in [3.8, 4) is 0 Å². The Morgan fingerprint density at radius 2 is 2.19 bits per heavy atom. The van der Waals surface area contributed by atoms with Crippen molar-refractivity contribution in [2.24, 2.45) is 7.05 Å². The van der Waals surface area contributed by atoms with Gasteiger partial charge in [-0.05, 0) is 25.7 Å². The van der Waals surface area contributed by atoms with Crippen molar-refractivity contribution < 1.29 is 0 Å². The molecule has 0 aromatic carbocycles. The number of imidazole rings is 1. The van der Waals surface area contributed by atoms with Crippen LogP contribution in [0.5, 0.6) is 0 Å². The normalized spacial score (nSPS) is 15.1. The molecule has 2 heterocycles. The van der Waals surface area contributed by atoms with Gasteiger partial charge in [-0.2, -0.15) is 0 Å². The third kappa shape index (κ3) is 1.62. The third-order valence-electron chi connectivity index (χ3n) is 3.09. The van der Waals surface area contributed by atoms with Gasteiger partial charge in [0.05, 0.1) is 18.6 Å². The lowest BCUT2D eigenvalue weighted by Gasteiger charge is -2.12. The summed E-state index contributed by atoms with van der Waals surface area (Å²) in [6.45, 7) is 0.788. The van der Waals surface area contributed by atoms with E-state index in [4.69, 9.17) is 0 Å². The second kappa shape index (κ2) is 3.73. The van der Waals surface area contributed by atoms with Crippen LogP contribution in [0.3, 0.4) is 0 Å². The zero-order valence-electron chi connectivity index (χ0n) is 9.43. The predicted molar refractivity (Wildman–Crippen MR) is 59.0 cm³/mol. The van der Waals surface area contributed by atoms with Gasteiger partial charge in [0, 0.05) is 18.9 Å². The van der Waals surface area contributed by atoms with E-state index in [2.05, 4.69) is 19.9 Å². The highest BCUT2D eigenvalue weighted by atomic mass is 15.4. The minimum absolute atomic E-state index is 0.788. The number of hydrogen-bond donors (Lipinski definition) is 0. The van der Waals surface area contributed by atoms with E-state index in [1.807, 2.05) is 19.6 Å². The molecule has 5 nitrogen and oxygen atoms in total. The van der Waals surface area contributed by atoms with E-state index >= 15 is 0 Å². The molecule has 1 aliphatic carbocycles. The second-order valence-electron chi connectivity index (χ2n) is 4.36. The number of hydrogen-bond acceptors (Lipinski definition) is 3. The number of nitrogens with zero attached hydrogens (tertiary/aromatic N) is 5. The Hall–Kier alpha value is -1.65. The van der Waals surface area contributed by atoms with Crippen LogP contribution in [0.1, 0.15) is 29.9 Å². The van der Waals surface area contributed by atoms with E-state index in [-0.39, 0.29) is 0 Å². The molecule has 1 aliphatic rings. The summed E-state index contributed by atoms with van der Waals surface area (Å²) < 4.78 is 3.94. The van der Waals surface area contributed by atoms with Crippen molar-refractivity contribution in [2.45, 2.75) is 32.2 Å². The number of aryl methyl sites for hydroxylation is 2. The fourth-order valence-corrected chi connectivity index (χ4v) is 2.31. The topological polar surface area (TPSA) is 48.5 Å². The maximum absolute atomic E-state index is 4.47. The lowest BCUT2D eigenvalue weighted by Crippen LogP contribution is -2.09. The van der Waals surface area contributed by atoms with Gasteiger partial charge in [-0.25, -0.2) is 4.98 Å². The SMILES string of the molecule is Cn1cc(Cn2cnc3c2CCCC3)nn1. The van der Waals surface area contributed by atoms with Crippen LogP contribution in [0.2, 0.25) is 0 Å². The van der Waals surface area contributed by atoms with Crippen LogP contribution in [0.4, 0.5) is 0 Å². The summed E-state index contributed by atoms with van der Waals surface area (Å²) in [7, 11) is 1.89. The lowest BCUT2D eigenvalue weighted by atomic mass is 10.0. The minimum atomic E-state index is 0.788. The molecule has 0 atom stereocenters. The van der Waals surface area contributed by atoms with Crippen LogP contribution in [-0.4, -0.2) is 24.5 Å². The van der Waals surface area contributed by atoms with Crippen molar-refractivity contribution in [2.75, 3.05) is 0 Å². The molecule has 16 heavy (non-hydrogen) atoms. The first-order valence-corrected chi connectivity index (χ1v) is 5.71. The molecule has 0 unspecified atom stereocenters. The van der Waals surface area contributed by atoms with Crippen molar-refractivity contribution >= 4 is 0 Å². The maximum Gasteiger partial charge on any atom is 0.102 e. The monoisotopic (exact) mass is 217 g/mol. The van der Waals surface area contributed by atoms with E-state index in [1.165, 1.54) is 24.2 Å². The zero-order chi connectivity index (χ0) is 11.0. The summed E-state index contributed by atoms with van der Waals surface area (Å²) in [5.74, 6) is 0. The van der Waals surface area contributed by atoms with Gasteiger partial charge in [-0.3, -0.25) is 4.68 Å². The molecule has 2 aromatic heterocycles. The average molecular weight is 217 g/mol. The Kier molecular flexibility index (Phi) is 2.23. The van der Waals surface area contributed by atoms with Gasteiger partial charge in [-0.15, -0.1) is 5.10 Å². The molecular formula is C11H15N5. The van der Waals surface area contributed by atoms with Gasteiger partial charge in [-0.1, -0.05) is 5.21 Å². The first-order valence-electron chi connectivity index (χ1n) is 5.71. The highest BCUT2D eigenvalue weighted by Gasteiger charge is 2.15. The summed E-state index contributed by atoms with van der Waals surface area (Å²) in [6, 6.07) is 0. The van der Waals surface area contributed by atoms with Crippen molar-refractivity contribution in [3.05, 3.63) is 29.6 Å². The molecule has 0 N–H and O–H groups in total. The summed E-state index contributed by atoms with van der Waals surface area (Å²) in [4.78, 5) is 4.47. The van der Waals surface area contributed by atoms with Crippen molar-refractivity contribution in [1.82, 2.24) is 24.5 Å². The van der Waals surface area contributed by atoms with E-state index in [9.17, 15) is 0 Å². The summed E-state index contributed by atoms with van der Waals surface area (Å²) in [6.07, 6.45) is 8.71. The van der Waals surface area contributed by atoms with Crippen LogP contribution in [-0.2, 0) is 26.4 Å². The Bertz CT molecular complexity index is 496. The Labute approximate surface area is 94.1 Å². The van der Waals surface area contributed by atoms with Gasteiger partial charge in [0.15, 0.2) is 0 Å². The van der Waals surface area contributed by atoms with Gasteiger partial charge in [0.2, 0.25) is 0 Å². The first kappa shape index (κ1) is 9.57. The van der Waals surface area contributed by atoms with E-state index < -0.39 is 0 Å². The van der Waals surface area contributed by atoms with Crippen LogP contribution >= 0.6 is 0 Å². The van der Waals surface area contributed by atoms with Crippen LogP contribution in [0, 0.1) is 0 Å². The van der Waals surface area contributed by atoms with Crippen molar-refractivity contribution in [1.29, 1.82) is 0 Å². The average Bonchev–Trinajstić information content (AvgIpc) is 2.87. The molecule has 0 radical (unpaired) electrons.